The van der Waals surface area contributed by atoms with Gasteiger partial charge < -0.3 is 19.1 Å². The van der Waals surface area contributed by atoms with Crippen LogP contribution >= 0.6 is 12.4 Å². The highest BCUT2D eigenvalue weighted by Crippen LogP contribution is 2.35. The molecule has 3 aromatic rings. The minimum atomic E-state index is 0. The second-order valence-corrected chi connectivity index (χ2v) is 8.04. The van der Waals surface area contributed by atoms with E-state index in [1.807, 2.05) is 31.2 Å². The Balaban J connectivity index is 0.00000231. The van der Waals surface area contributed by atoms with E-state index in [2.05, 4.69) is 27.5 Å². The zero-order valence-corrected chi connectivity index (χ0v) is 18.6. The summed E-state index contributed by atoms with van der Waals surface area (Å²) < 4.78 is 7.87. The predicted octanol–water partition coefficient (Wildman–Crippen LogP) is 2.81. The van der Waals surface area contributed by atoms with Gasteiger partial charge in [0.1, 0.15) is 11.6 Å². The Hall–Kier alpha value is -2.73. The van der Waals surface area contributed by atoms with Crippen LogP contribution < -0.4 is 4.90 Å². The van der Waals surface area contributed by atoms with Crippen molar-refractivity contribution < 1.29 is 4.74 Å². The van der Waals surface area contributed by atoms with E-state index in [4.69, 9.17) is 19.7 Å². The Morgan fingerprint density at radius 1 is 1.10 bits per heavy atom. The van der Waals surface area contributed by atoms with Crippen molar-refractivity contribution in [3.63, 3.8) is 0 Å². The zero-order chi connectivity index (χ0) is 20.7. The van der Waals surface area contributed by atoms with Crippen LogP contribution in [0, 0.1) is 18.3 Å². The summed E-state index contributed by atoms with van der Waals surface area (Å²) in [5.41, 5.74) is 3.07. The van der Waals surface area contributed by atoms with Gasteiger partial charge in [-0.15, -0.1) is 12.4 Å². The van der Waals surface area contributed by atoms with Crippen molar-refractivity contribution in [2.45, 2.75) is 19.4 Å². The summed E-state index contributed by atoms with van der Waals surface area (Å²) in [5.74, 6) is 2.39. The fourth-order valence-corrected chi connectivity index (χ4v) is 4.34. The second-order valence-electron chi connectivity index (χ2n) is 8.04. The first-order chi connectivity index (χ1) is 14.7. The third kappa shape index (κ3) is 3.85. The summed E-state index contributed by atoms with van der Waals surface area (Å²) in [6, 6.07) is 10.1. The van der Waals surface area contributed by atoms with Crippen LogP contribution in [0.5, 0.6) is 0 Å². The number of fused-ring (bicyclic) bond motifs is 1. The standard InChI is InChI=1S/C22H25N7O.ClH/c1-15-24-21(28-10-8-27(2)9-11-28)19-22(25-15)29(17-7-12-30-14-17)20(26-19)18-6-4-3-5-16(18)13-23;/h3-6,17H,7-12,14H2,1-2H3;1H/t17-;/m0./s1. The summed E-state index contributed by atoms with van der Waals surface area (Å²) >= 11 is 0. The van der Waals surface area contributed by atoms with Crippen LogP contribution in [0.2, 0.25) is 0 Å². The van der Waals surface area contributed by atoms with Gasteiger partial charge >= 0.3 is 0 Å². The van der Waals surface area contributed by atoms with E-state index < -0.39 is 0 Å². The van der Waals surface area contributed by atoms with Crippen LogP contribution in [-0.2, 0) is 4.74 Å². The van der Waals surface area contributed by atoms with E-state index in [0.29, 0.717) is 12.2 Å². The monoisotopic (exact) mass is 439 g/mol. The van der Waals surface area contributed by atoms with Crippen molar-refractivity contribution in [1.82, 2.24) is 24.4 Å². The van der Waals surface area contributed by atoms with Crippen molar-refractivity contribution >= 4 is 29.4 Å². The van der Waals surface area contributed by atoms with Crippen LogP contribution in [0.3, 0.4) is 0 Å². The highest BCUT2D eigenvalue weighted by molar-refractivity contribution is 5.88. The number of anilines is 1. The molecule has 4 heterocycles. The van der Waals surface area contributed by atoms with Gasteiger partial charge in [0.2, 0.25) is 0 Å². The van der Waals surface area contributed by atoms with Crippen molar-refractivity contribution in [3.8, 4) is 17.5 Å². The molecule has 5 rings (SSSR count). The maximum atomic E-state index is 9.69. The van der Waals surface area contributed by atoms with Crippen molar-refractivity contribution in [3.05, 3.63) is 35.7 Å². The van der Waals surface area contributed by atoms with Crippen LogP contribution in [0.15, 0.2) is 24.3 Å². The molecule has 162 valence electrons. The lowest BCUT2D eigenvalue weighted by atomic mass is 10.1. The Bertz CT molecular complexity index is 1120. The van der Waals surface area contributed by atoms with E-state index >= 15 is 0 Å². The third-order valence-corrected chi connectivity index (χ3v) is 6.00. The highest BCUT2D eigenvalue weighted by Gasteiger charge is 2.29. The summed E-state index contributed by atoms with van der Waals surface area (Å²) in [6.07, 6.45) is 0.903. The molecule has 2 aromatic heterocycles. The number of hydrogen-bond acceptors (Lipinski definition) is 7. The number of rotatable bonds is 3. The van der Waals surface area contributed by atoms with Gasteiger partial charge in [-0.25, -0.2) is 15.0 Å². The van der Waals surface area contributed by atoms with E-state index in [1.165, 1.54) is 0 Å². The number of nitriles is 1. The average Bonchev–Trinajstić information content (AvgIpc) is 3.41. The number of ether oxygens (including phenoxy) is 1. The number of piperazine rings is 1. The maximum Gasteiger partial charge on any atom is 0.166 e. The SMILES string of the molecule is Cc1nc(N2CCN(C)CC2)c2nc(-c3ccccc3C#N)n([C@H]3CCOC3)c2n1.Cl. The van der Waals surface area contributed by atoms with Gasteiger partial charge in [0.05, 0.1) is 24.3 Å². The van der Waals surface area contributed by atoms with Gasteiger partial charge in [0, 0.05) is 38.3 Å². The summed E-state index contributed by atoms with van der Waals surface area (Å²) in [5, 5.41) is 9.69. The van der Waals surface area contributed by atoms with Gasteiger partial charge in [-0.3, -0.25) is 0 Å². The minimum Gasteiger partial charge on any atom is -0.379 e. The minimum absolute atomic E-state index is 0. The van der Waals surface area contributed by atoms with E-state index in [9.17, 15) is 5.26 Å². The van der Waals surface area contributed by atoms with Gasteiger partial charge in [-0.05, 0) is 32.5 Å². The van der Waals surface area contributed by atoms with Crippen LogP contribution in [-0.4, -0.2) is 70.9 Å². The van der Waals surface area contributed by atoms with Crippen LogP contribution in [0.4, 0.5) is 5.82 Å². The molecule has 1 aromatic carbocycles. The molecular weight excluding hydrogens is 414 g/mol. The van der Waals surface area contributed by atoms with Gasteiger partial charge in [0.25, 0.3) is 0 Å². The third-order valence-electron chi connectivity index (χ3n) is 6.00. The van der Waals surface area contributed by atoms with Crippen LogP contribution in [0.1, 0.15) is 23.9 Å². The first-order valence-corrected chi connectivity index (χ1v) is 10.4. The molecule has 0 bridgehead atoms. The summed E-state index contributed by atoms with van der Waals surface area (Å²) in [7, 11) is 2.14. The topological polar surface area (TPSA) is 83.1 Å². The Morgan fingerprint density at radius 3 is 2.58 bits per heavy atom. The molecule has 1 atom stereocenters. The molecule has 2 aliphatic rings. The number of likely N-dealkylation sites (N-methyl/N-ethyl adjacent to an activating group) is 1. The molecule has 0 amide bonds. The average molecular weight is 440 g/mol. The zero-order valence-electron chi connectivity index (χ0n) is 17.8. The molecule has 0 saturated carbocycles. The number of hydrogen-bond donors (Lipinski definition) is 0. The van der Waals surface area contributed by atoms with Gasteiger partial charge in [-0.2, -0.15) is 5.26 Å². The molecule has 31 heavy (non-hydrogen) atoms. The first-order valence-electron chi connectivity index (χ1n) is 10.4. The van der Waals surface area contributed by atoms with Gasteiger partial charge in [-0.1, -0.05) is 12.1 Å². The predicted molar refractivity (Wildman–Crippen MR) is 122 cm³/mol. The largest absolute Gasteiger partial charge is 0.379 e. The maximum absolute atomic E-state index is 9.69. The fraction of sp³-hybridized carbons (Fsp3) is 0.455. The Labute approximate surface area is 187 Å². The molecule has 8 nitrogen and oxygen atoms in total. The summed E-state index contributed by atoms with van der Waals surface area (Å²) in [6.45, 7) is 7.08. The van der Waals surface area contributed by atoms with Crippen molar-refractivity contribution in [2.24, 2.45) is 0 Å². The lowest BCUT2D eigenvalue weighted by Gasteiger charge is -2.33. The molecule has 2 aliphatic heterocycles. The molecule has 2 fully saturated rings. The number of benzene rings is 1. The molecule has 0 unspecified atom stereocenters. The second kappa shape index (κ2) is 8.79. The Kier molecular flexibility index (Phi) is 6.10. The fourth-order valence-electron chi connectivity index (χ4n) is 4.34. The smallest absolute Gasteiger partial charge is 0.166 e. The number of aryl methyl sites for hydroxylation is 1. The molecule has 0 spiro atoms. The normalized spacial score (nSPS) is 19.4. The molecule has 9 heteroatoms. The van der Waals surface area contributed by atoms with Gasteiger partial charge in [0.15, 0.2) is 17.0 Å². The lowest BCUT2D eigenvalue weighted by Crippen LogP contribution is -2.45. The van der Waals surface area contributed by atoms with E-state index in [1.54, 1.807) is 0 Å². The highest BCUT2D eigenvalue weighted by atomic mass is 35.5. The molecule has 2 saturated heterocycles. The first kappa shape index (κ1) is 21.5. The Morgan fingerprint density at radius 2 is 1.87 bits per heavy atom. The molecular formula is C22H26ClN7O. The lowest BCUT2D eigenvalue weighted by molar-refractivity contribution is 0.187. The summed E-state index contributed by atoms with van der Waals surface area (Å²) in [4.78, 5) is 19.3. The number of imidazole rings is 1. The molecule has 0 radical (unpaired) electrons. The number of aromatic nitrogens is 4. The van der Waals surface area contributed by atoms with Crippen LogP contribution in [0.25, 0.3) is 22.6 Å². The van der Waals surface area contributed by atoms with E-state index in [-0.39, 0.29) is 18.4 Å². The number of nitrogens with zero attached hydrogens (tertiary/aromatic N) is 7. The molecule has 0 N–H and O–H groups in total. The van der Waals surface area contributed by atoms with E-state index in [0.717, 1.165) is 73.4 Å². The quantitative estimate of drug-likeness (QED) is 0.620. The molecule has 0 aliphatic carbocycles. The van der Waals surface area contributed by atoms with Crippen molar-refractivity contribution in [1.29, 1.82) is 5.26 Å². The van der Waals surface area contributed by atoms with Crippen molar-refractivity contribution in [2.75, 3.05) is 51.3 Å². The number of halogens is 1.